The lowest BCUT2D eigenvalue weighted by Gasteiger charge is -2.45. The van der Waals surface area contributed by atoms with Crippen LogP contribution in [0.3, 0.4) is 0 Å². The van der Waals surface area contributed by atoms with Crippen LogP contribution in [0.15, 0.2) is 0 Å². The molecule has 1 rings (SSSR count). The van der Waals surface area contributed by atoms with Crippen LogP contribution in [0.4, 0.5) is 0 Å². The molecule has 0 saturated carbocycles. The Morgan fingerprint density at radius 1 is 1.27 bits per heavy atom. The van der Waals surface area contributed by atoms with Crippen LogP contribution in [0, 0.1) is 0 Å². The molecule has 0 radical (unpaired) electrons. The van der Waals surface area contributed by atoms with E-state index >= 15 is 0 Å². The fourth-order valence-electron chi connectivity index (χ4n) is 2.34. The lowest BCUT2D eigenvalue weighted by Crippen LogP contribution is -2.57. The molecule has 1 aliphatic rings. The first-order valence-corrected chi connectivity index (χ1v) is 6.16. The van der Waals surface area contributed by atoms with Gasteiger partial charge in [0.1, 0.15) is 0 Å². The Balaban J connectivity index is 2.42. The smallest absolute Gasteiger partial charge is 0.0195 e. The van der Waals surface area contributed by atoms with Crippen molar-refractivity contribution in [2.75, 3.05) is 33.7 Å². The SMILES string of the molecule is CNCCC(C)N1CC(C)N(C)C(C)C1. The Hall–Kier alpha value is -0.120. The van der Waals surface area contributed by atoms with Gasteiger partial charge >= 0.3 is 0 Å². The molecule has 0 aliphatic carbocycles. The van der Waals surface area contributed by atoms with Gasteiger partial charge in [-0.1, -0.05) is 0 Å². The third-order valence-electron chi connectivity index (χ3n) is 3.82. The molecule has 15 heavy (non-hydrogen) atoms. The highest BCUT2D eigenvalue weighted by Crippen LogP contribution is 2.16. The second-order valence-electron chi connectivity index (χ2n) is 5.06. The van der Waals surface area contributed by atoms with E-state index in [0.717, 1.165) is 6.54 Å². The van der Waals surface area contributed by atoms with Crippen LogP contribution in [0.1, 0.15) is 27.2 Å². The van der Waals surface area contributed by atoms with Gasteiger partial charge in [0, 0.05) is 31.2 Å². The van der Waals surface area contributed by atoms with Crippen LogP contribution in [-0.2, 0) is 0 Å². The van der Waals surface area contributed by atoms with E-state index in [9.17, 15) is 0 Å². The highest BCUT2D eigenvalue weighted by atomic mass is 15.3. The molecule has 1 N–H and O–H groups in total. The van der Waals surface area contributed by atoms with Gasteiger partial charge in [-0.2, -0.15) is 0 Å². The monoisotopic (exact) mass is 213 g/mol. The van der Waals surface area contributed by atoms with Crippen molar-refractivity contribution in [2.24, 2.45) is 0 Å². The standard InChI is InChI=1S/C12H27N3/c1-10(6-7-13-4)15-8-11(2)14(5)12(3)9-15/h10-13H,6-9H2,1-5H3. The molecule has 0 aromatic heterocycles. The van der Waals surface area contributed by atoms with Gasteiger partial charge in [-0.25, -0.2) is 0 Å². The summed E-state index contributed by atoms with van der Waals surface area (Å²) in [5, 5.41) is 3.23. The average Bonchev–Trinajstić information content (AvgIpc) is 2.21. The molecular formula is C12H27N3. The van der Waals surface area contributed by atoms with Crippen LogP contribution in [0.5, 0.6) is 0 Å². The van der Waals surface area contributed by atoms with E-state index in [1.165, 1.54) is 19.5 Å². The lowest BCUT2D eigenvalue weighted by molar-refractivity contribution is 0.0362. The molecule has 0 aromatic rings. The van der Waals surface area contributed by atoms with Crippen LogP contribution in [0.25, 0.3) is 0 Å². The van der Waals surface area contributed by atoms with E-state index in [1.807, 2.05) is 7.05 Å². The van der Waals surface area contributed by atoms with Gasteiger partial charge in [-0.05, 0) is 47.8 Å². The molecule has 1 fully saturated rings. The summed E-state index contributed by atoms with van der Waals surface area (Å²) in [4.78, 5) is 5.12. The number of likely N-dealkylation sites (N-methyl/N-ethyl adjacent to an activating group) is 1. The average molecular weight is 213 g/mol. The normalized spacial score (nSPS) is 31.8. The van der Waals surface area contributed by atoms with Crippen molar-refractivity contribution in [3.8, 4) is 0 Å². The highest BCUT2D eigenvalue weighted by Gasteiger charge is 2.28. The largest absolute Gasteiger partial charge is 0.320 e. The fourth-order valence-corrected chi connectivity index (χ4v) is 2.34. The van der Waals surface area contributed by atoms with Gasteiger partial charge in [0.25, 0.3) is 0 Å². The summed E-state index contributed by atoms with van der Waals surface area (Å²) in [7, 11) is 4.27. The zero-order valence-electron chi connectivity index (χ0n) is 11.0. The number of piperazine rings is 1. The quantitative estimate of drug-likeness (QED) is 0.752. The topological polar surface area (TPSA) is 18.5 Å². The van der Waals surface area contributed by atoms with E-state index in [2.05, 4.69) is 42.9 Å². The van der Waals surface area contributed by atoms with E-state index in [-0.39, 0.29) is 0 Å². The van der Waals surface area contributed by atoms with Gasteiger partial charge < -0.3 is 5.32 Å². The zero-order chi connectivity index (χ0) is 11.4. The number of rotatable bonds is 4. The maximum atomic E-state index is 3.23. The summed E-state index contributed by atoms with van der Waals surface area (Å²) in [6, 6.07) is 2.08. The molecule has 1 saturated heterocycles. The van der Waals surface area contributed by atoms with Crippen molar-refractivity contribution in [3.63, 3.8) is 0 Å². The molecule has 3 unspecified atom stereocenters. The molecule has 1 aliphatic heterocycles. The lowest BCUT2D eigenvalue weighted by atomic mass is 10.1. The first-order valence-electron chi connectivity index (χ1n) is 6.16. The molecule has 1 heterocycles. The second kappa shape index (κ2) is 5.83. The minimum Gasteiger partial charge on any atom is -0.320 e. The van der Waals surface area contributed by atoms with Crippen LogP contribution < -0.4 is 5.32 Å². The summed E-state index contributed by atoms with van der Waals surface area (Å²) in [6.07, 6.45) is 1.25. The van der Waals surface area contributed by atoms with Gasteiger partial charge in [-0.15, -0.1) is 0 Å². The Kier molecular flexibility index (Phi) is 5.03. The summed E-state index contributed by atoms with van der Waals surface area (Å²) in [5.41, 5.74) is 0. The molecule has 0 amide bonds. The Bertz CT molecular complexity index is 172. The number of hydrogen-bond acceptors (Lipinski definition) is 3. The first-order chi connectivity index (χ1) is 7.06. The van der Waals surface area contributed by atoms with Crippen LogP contribution in [0.2, 0.25) is 0 Å². The van der Waals surface area contributed by atoms with Gasteiger partial charge in [-0.3, -0.25) is 9.80 Å². The summed E-state index contributed by atoms with van der Waals surface area (Å²) >= 11 is 0. The molecule has 3 heteroatoms. The predicted octanol–water partition coefficient (Wildman–Crippen LogP) is 1.01. The first kappa shape index (κ1) is 12.9. The predicted molar refractivity (Wildman–Crippen MR) is 66.3 cm³/mol. The minimum atomic E-state index is 0.686. The summed E-state index contributed by atoms with van der Waals surface area (Å²) < 4.78 is 0. The summed E-state index contributed by atoms with van der Waals surface area (Å²) in [6.45, 7) is 10.6. The summed E-state index contributed by atoms with van der Waals surface area (Å²) in [5.74, 6) is 0. The van der Waals surface area contributed by atoms with Crippen molar-refractivity contribution >= 4 is 0 Å². The van der Waals surface area contributed by atoms with Gasteiger partial charge in [0.05, 0.1) is 0 Å². The highest BCUT2D eigenvalue weighted by molar-refractivity contribution is 4.85. The van der Waals surface area contributed by atoms with E-state index in [4.69, 9.17) is 0 Å². The maximum absolute atomic E-state index is 3.23. The molecule has 0 spiro atoms. The van der Waals surface area contributed by atoms with Crippen molar-refractivity contribution in [1.82, 2.24) is 15.1 Å². The third-order valence-corrected chi connectivity index (χ3v) is 3.82. The zero-order valence-corrected chi connectivity index (χ0v) is 11.0. The molecular weight excluding hydrogens is 186 g/mol. The molecule has 90 valence electrons. The van der Waals surface area contributed by atoms with Crippen LogP contribution in [-0.4, -0.2) is 61.7 Å². The molecule has 0 bridgehead atoms. The van der Waals surface area contributed by atoms with E-state index in [0.29, 0.717) is 18.1 Å². The van der Waals surface area contributed by atoms with Crippen LogP contribution >= 0.6 is 0 Å². The maximum Gasteiger partial charge on any atom is 0.0195 e. The molecule has 3 nitrogen and oxygen atoms in total. The minimum absolute atomic E-state index is 0.686. The van der Waals surface area contributed by atoms with Crippen molar-refractivity contribution < 1.29 is 0 Å². The van der Waals surface area contributed by atoms with E-state index in [1.54, 1.807) is 0 Å². The molecule has 3 atom stereocenters. The van der Waals surface area contributed by atoms with Gasteiger partial charge in [0.2, 0.25) is 0 Å². The van der Waals surface area contributed by atoms with Gasteiger partial charge in [0.15, 0.2) is 0 Å². The number of nitrogens with one attached hydrogen (secondary N) is 1. The van der Waals surface area contributed by atoms with Crippen molar-refractivity contribution in [1.29, 1.82) is 0 Å². The number of nitrogens with zero attached hydrogens (tertiary/aromatic N) is 2. The van der Waals surface area contributed by atoms with Crippen molar-refractivity contribution in [2.45, 2.75) is 45.3 Å². The van der Waals surface area contributed by atoms with E-state index < -0.39 is 0 Å². The third kappa shape index (κ3) is 3.44. The Morgan fingerprint density at radius 3 is 2.27 bits per heavy atom. The Morgan fingerprint density at radius 2 is 1.80 bits per heavy atom. The molecule has 0 aromatic carbocycles. The van der Waals surface area contributed by atoms with Crippen molar-refractivity contribution in [3.05, 3.63) is 0 Å². The number of hydrogen-bond donors (Lipinski definition) is 1. The Labute approximate surface area is 94.8 Å². The fraction of sp³-hybridized carbons (Fsp3) is 1.00. The second-order valence-corrected chi connectivity index (χ2v) is 5.06.